The van der Waals surface area contributed by atoms with Crippen LogP contribution in [-0.2, 0) is 16.1 Å². The van der Waals surface area contributed by atoms with Crippen molar-refractivity contribution in [3.05, 3.63) is 69.2 Å². The molecule has 1 atom stereocenters. The van der Waals surface area contributed by atoms with E-state index in [0.717, 1.165) is 67.5 Å². The van der Waals surface area contributed by atoms with Crippen LogP contribution >= 0.6 is 27.5 Å². The van der Waals surface area contributed by atoms with Gasteiger partial charge in [-0.15, -0.1) is 0 Å². The van der Waals surface area contributed by atoms with Gasteiger partial charge in [-0.2, -0.15) is 0 Å². The predicted molar refractivity (Wildman–Crippen MR) is 150 cm³/mol. The van der Waals surface area contributed by atoms with E-state index in [9.17, 15) is 9.59 Å². The Balaban J connectivity index is 1.32. The summed E-state index contributed by atoms with van der Waals surface area (Å²) in [6.45, 7) is 9.68. The molecule has 0 bridgehead atoms. The predicted octanol–water partition coefficient (Wildman–Crippen LogP) is 6.57. The van der Waals surface area contributed by atoms with Gasteiger partial charge in [0.05, 0.1) is 11.5 Å². The number of benzene rings is 2. The molecule has 37 heavy (non-hydrogen) atoms. The highest BCUT2D eigenvalue weighted by Crippen LogP contribution is 2.42. The van der Waals surface area contributed by atoms with Gasteiger partial charge in [0, 0.05) is 29.1 Å². The van der Waals surface area contributed by atoms with Crippen LogP contribution in [0.2, 0.25) is 5.02 Å². The third kappa shape index (κ3) is 7.49. The normalized spacial score (nSPS) is 18.7. The minimum Gasteiger partial charge on any atom is -0.444 e. The third-order valence-corrected chi connectivity index (χ3v) is 8.18. The van der Waals surface area contributed by atoms with E-state index in [0.29, 0.717) is 17.5 Å². The SMILES string of the molecule is CC(C)(C)OC(=O)NC(CCN1CCC2(CC1)CCN(Cc1ccc(Br)cc1)C2=O)c1ccc(Cl)cc1. The topological polar surface area (TPSA) is 61.9 Å². The van der Waals surface area contributed by atoms with E-state index >= 15 is 0 Å². The first kappa shape index (κ1) is 27.9. The van der Waals surface area contributed by atoms with Crippen LogP contribution in [0.15, 0.2) is 53.0 Å². The molecule has 0 aliphatic carbocycles. The molecular weight excluding hydrogens is 554 g/mol. The summed E-state index contributed by atoms with van der Waals surface area (Å²) >= 11 is 9.56. The van der Waals surface area contributed by atoms with Crippen LogP contribution in [0.3, 0.4) is 0 Å². The molecule has 200 valence electrons. The summed E-state index contributed by atoms with van der Waals surface area (Å²) in [6.07, 6.45) is 3.02. The first-order valence-electron chi connectivity index (χ1n) is 13.0. The minimum absolute atomic E-state index is 0.183. The van der Waals surface area contributed by atoms with Crippen LogP contribution in [0.5, 0.6) is 0 Å². The van der Waals surface area contributed by atoms with Crippen molar-refractivity contribution in [3.8, 4) is 0 Å². The molecule has 6 nitrogen and oxygen atoms in total. The number of halogens is 2. The molecule has 2 aliphatic heterocycles. The molecule has 2 aromatic rings. The van der Waals surface area contributed by atoms with Crippen molar-refractivity contribution in [1.82, 2.24) is 15.1 Å². The number of nitrogens with one attached hydrogen (secondary N) is 1. The van der Waals surface area contributed by atoms with Gasteiger partial charge in [-0.05, 0) is 94.9 Å². The number of carbonyl (C=O) groups is 2. The van der Waals surface area contributed by atoms with Gasteiger partial charge in [-0.1, -0.05) is 51.8 Å². The summed E-state index contributed by atoms with van der Waals surface area (Å²) in [7, 11) is 0. The summed E-state index contributed by atoms with van der Waals surface area (Å²) in [6, 6.07) is 15.6. The molecule has 1 spiro atoms. The smallest absolute Gasteiger partial charge is 0.408 e. The Kier molecular flexibility index (Phi) is 8.87. The number of likely N-dealkylation sites (tertiary alicyclic amines) is 2. The maximum atomic E-state index is 13.4. The number of amides is 2. The zero-order valence-corrected chi connectivity index (χ0v) is 24.3. The Morgan fingerprint density at radius 2 is 1.68 bits per heavy atom. The molecule has 2 heterocycles. The van der Waals surface area contributed by atoms with Gasteiger partial charge in [-0.25, -0.2) is 4.79 Å². The Hall–Kier alpha value is -2.09. The van der Waals surface area contributed by atoms with Crippen LogP contribution in [0, 0.1) is 5.41 Å². The number of hydrogen-bond donors (Lipinski definition) is 1. The lowest BCUT2D eigenvalue weighted by molar-refractivity contribution is -0.138. The maximum absolute atomic E-state index is 13.4. The molecule has 4 rings (SSSR count). The van der Waals surface area contributed by atoms with E-state index in [1.165, 1.54) is 0 Å². The number of hydrogen-bond acceptors (Lipinski definition) is 4. The number of rotatable bonds is 7. The van der Waals surface area contributed by atoms with Crippen molar-refractivity contribution in [2.45, 2.75) is 64.6 Å². The summed E-state index contributed by atoms with van der Waals surface area (Å²) in [5.74, 6) is 0.306. The Morgan fingerprint density at radius 1 is 1.05 bits per heavy atom. The Labute approximate surface area is 233 Å². The van der Waals surface area contributed by atoms with Gasteiger partial charge >= 0.3 is 6.09 Å². The van der Waals surface area contributed by atoms with E-state index < -0.39 is 11.7 Å². The molecule has 0 radical (unpaired) electrons. The lowest BCUT2D eigenvalue weighted by Gasteiger charge is -2.38. The molecule has 2 aliphatic rings. The maximum Gasteiger partial charge on any atom is 0.408 e. The highest BCUT2D eigenvalue weighted by molar-refractivity contribution is 9.10. The largest absolute Gasteiger partial charge is 0.444 e. The van der Waals surface area contributed by atoms with Gasteiger partial charge in [-0.3, -0.25) is 4.79 Å². The zero-order chi connectivity index (χ0) is 26.6. The molecule has 2 aromatic carbocycles. The quantitative estimate of drug-likeness (QED) is 0.396. The molecule has 2 saturated heterocycles. The van der Waals surface area contributed by atoms with Gasteiger partial charge in [0.15, 0.2) is 0 Å². The van der Waals surface area contributed by atoms with Gasteiger partial charge < -0.3 is 19.9 Å². The van der Waals surface area contributed by atoms with Crippen molar-refractivity contribution in [1.29, 1.82) is 0 Å². The van der Waals surface area contributed by atoms with Crippen LogP contribution in [0.1, 0.15) is 63.6 Å². The monoisotopic (exact) mass is 589 g/mol. The average molecular weight is 591 g/mol. The molecule has 1 N–H and O–H groups in total. The Morgan fingerprint density at radius 3 is 2.30 bits per heavy atom. The fourth-order valence-electron chi connectivity index (χ4n) is 5.30. The van der Waals surface area contributed by atoms with Crippen LogP contribution in [0.25, 0.3) is 0 Å². The number of ether oxygens (including phenoxy) is 1. The van der Waals surface area contributed by atoms with E-state index in [1.807, 2.05) is 62.1 Å². The molecule has 2 fully saturated rings. The number of piperidine rings is 1. The average Bonchev–Trinajstić information content (AvgIpc) is 3.13. The second kappa shape index (κ2) is 11.7. The second-order valence-corrected chi connectivity index (χ2v) is 12.6. The molecule has 0 saturated carbocycles. The van der Waals surface area contributed by atoms with Crippen molar-refractivity contribution in [3.63, 3.8) is 0 Å². The van der Waals surface area contributed by atoms with Gasteiger partial charge in [0.2, 0.25) is 5.91 Å². The molecule has 8 heteroatoms. The van der Waals surface area contributed by atoms with Crippen LogP contribution in [-0.4, -0.2) is 53.6 Å². The van der Waals surface area contributed by atoms with Gasteiger partial charge in [0.25, 0.3) is 0 Å². The minimum atomic E-state index is -0.561. The van der Waals surface area contributed by atoms with Gasteiger partial charge in [0.1, 0.15) is 5.60 Å². The summed E-state index contributed by atoms with van der Waals surface area (Å²) in [5.41, 5.74) is 1.38. The fraction of sp³-hybridized carbons (Fsp3) is 0.517. The summed E-state index contributed by atoms with van der Waals surface area (Å²) < 4.78 is 6.55. The summed E-state index contributed by atoms with van der Waals surface area (Å²) in [5, 5.41) is 3.71. The number of carbonyl (C=O) groups excluding carboxylic acids is 2. The highest BCUT2D eigenvalue weighted by Gasteiger charge is 2.47. The van der Waals surface area contributed by atoms with E-state index in [2.05, 4.69) is 38.3 Å². The van der Waals surface area contributed by atoms with Crippen LogP contribution < -0.4 is 5.32 Å². The first-order chi connectivity index (χ1) is 17.5. The fourth-order valence-corrected chi connectivity index (χ4v) is 5.69. The van der Waals surface area contributed by atoms with Crippen molar-refractivity contribution in [2.75, 3.05) is 26.2 Å². The number of alkyl carbamates (subject to hydrolysis) is 1. The molecule has 0 aromatic heterocycles. The molecular formula is C29H37BrClN3O3. The zero-order valence-electron chi connectivity index (χ0n) is 21.9. The highest BCUT2D eigenvalue weighted by atomic mass is 79.9. The van der Waals surface area contributed by atoms with E-state index in [4.69, 9.17) is 16.3 Å². The van der Waals surface area contributed by atoms with E-state index in [-0.39, 0.29) is 11.5 Å². The standard InChI is InChI=1S/C29H37BrClN3O3/c1-28(2,3)37-27(36)32-25(22-6-10-24(31)11-7-22)12-16-33-17-13-29(14-18-33)15-19-34(26(29)35)20-21-4-8-23(30)9-5-21/h4-11,25H,12-20H2,1-3H3,(H,32,36). The molecule has 2 amide bonds. The first-order valence-corrected chi connectivity index (χ1v) is 14.2. The summed E-state index contributed by atoms with van der Waals surface area (Å²) in [4.78, 5) is 30.4. The van der Waals surface area contributed by atoms with E-state index in [1.54, 1.807) is 0 Å². The second-order valence-electron chi connectivity index (χ2n) is 11.3. The van der Waals surface area contributed by atoms with Crippen molar-refractivity contribution >= 4 is 39.5 Å². The van der Waals surface area contributed by atoms with Crippen LogP contribution in [0.4, 0.5) is 4.79 Å². The Bertz CT molecular complexity index is 1080. The lowest BCUT2D eigenvalue weighted by Crippen LogP contribution is -2.45. The molecule has 1 unspecified atom stereocenters. The lowest BCUT2D eigenvalue weighted by atomic mass is 9.77. The third-order valence-electron chi connectivity index (χ3n) is 7.40. The van der Waals surface area contributed by atoms with Crippen molar-refractivity contribution < 1.29 is 14.3 Å². The van der Waals surface area contributed by atoms with Crippen molar-refractivity contribution in [2.24, 2.45) is 5.41 Å². The number of nitrogens with zero attached hydrogens (tertiary/aromatic N) is 2.